The van der Waals surface area contributed by atoms with E-state index in [0.717, 1.165) is 18.0 Å². The summed E-state index contributed by atoms with van der Waals surface area (Å²) in [6, 6.07) is 10.4. The predicted octanol–water partition coefficient (Wildman–Crippen LogP) is 4.23. The van der Waals surface area contributed by atoms with Crippen molar-refractivity contribution in [2.24, 2.45) is 0 Å². The van der Waals surface area contributed by atoms with Gasteiger partial charge in [-0.1, -0.05) is 30.3 Å². The second kappa shape index (κ2) is 6.13. The fraction of sp³-hybridized carbons (Fsp3) is 0.333. The number of rotatable bonds is 3. The van der Waals surface area contributed by atoms with Gasteiger partial charge in [-0.15, -0.1) is 23.1 Å². The molecule has 1 aromatic carbocycles. The van der Waals surface area contributed by atoms with Gasteiger partial charge in [-0.3, -0.25) is 5.41 Å². The lowest BCUT2D eigenvalue weighted by molar-refractivity contribution is 0.679. The Morgan fingerprint density at radius 3 is 2.78 bits per heavy atom. The van der Waals surface area contributed by atoms with Crippen LogP contribution in [0.1, 0.15) is 28.8 Å². The van der Waals surface area contributed by atoms with Crippen LogP contribution >= 0.6 is 23.1 Å². The number of hydrogen-bond acceptors (Lipinski definition) is 4. The summed E-state index contributed by atoms with van der Waals surface area (Å²) < 4.78 is 3.38. The standard InChI is InChI=1S/C18H19N3S2/c1-22-17-16-15(13-9-5-6-10-14(13)23-16)21(18(19)20-17)11-12-7-3-2-4-8-12/h2-4,7-8,19H,5-6,9-11H2,1H3. The lowest BCUT2D eigenvalue weighted by Crippen LogP contribution is -2.25. The number of nitrogens with one attached hydrogen (secondary N) is 1. The van der Waals surface area contributed by atoms with Gasteiger partial charge in [0, 0.05) is 4.88 Å². The van der Waals surface area contributed by atoms with E-state index in [9.17, 15) is 0 Å². The summed E-state index contributed by atoms with van der Waals surface area (Å²) in [7, 11) is 0. The van der Waals surface area contributed by atoms with E-state index in [2.05, 4.69) is 40.1 Å². The van der Waals surface area contributed by atoms with Gasteiger partial charge in [-0.05, 0) is 43.1 Å². The van der Waals surface area contributed by atoms with E-state index in [1.165, 1.54) is 45.5 Å². The maximum Gasteiger partial charge on any atom is 0.223 e. The van der Waals surface area contributed by atoms with Crippen LogP contribution in [-0.4, -0.2) is 15.8 Å². The highest BCUT2D eigenvalue weighted by molar-refractivity contribution is 7.98. The molecule has 23 heavy (non-hydrogen) atoms. The molecular weight excluding hydrogens is 322 g/mol. The first-order valence-corrected chi connectivity index (χ1v) is 9.99. The van der Waals surface area contributed by atoms with Gasteiger partial charge in [-0.2, -0.15) is 0 Å². The van der Waals surface area contributed by atoms with Crippen LogP contribution in [0.2, 0.25) is 0 Å². The van der Waals surface area contributed by atoms with Gasteiger partial charge < -0.3 is 4.57 Å². The maximum absolute atomic E-state index is 8.45. The molecule has 0 saturated carbocycles. The molecule has 4 rings (SSSR count). The van der Waals surface area contributed by atoms with E-state index in [1.807, 2.05) is 17.4 Å². The van der Waals surface area contributed by atoms with Crippen molar-refractivity contribution in [3.63, 3.8) is 0 Å². The molecule has 0 spiro atoms. The lowest BCUT2D eigenvalue weighted by atomic mass is 9.98. The minimum absolute atomic E-state index is 0.372. The Morgan fingerprint density at radius 1 is 1.22 bits per heavy atom. The Labute approximate surface area is 143 Å². The Hall–Kier alpha value is -1.59. The molecular formula is C18H19N3S2. The third kappa shape index (κ3) is 2.62. The van der Waals surface area contributed by atoms with E-state index in [-0.39, 0.29) is 0 Å². The fourth-order valence-electron chi connectivity index (χ4n) is 3.35. The molecule has 3 nitrogen and oxygen atoms in total. The van der Waals surface area contributed by atoms with Gasteiger partial charge in [-0.25, -0.2) is 4.98 Å². The molecule has 0 fully saturated rings. The molecule has 3 aromatic rings. The minimum Gasteiger partial charge on any atom is -0.305 e. The van der Waals surface area contributed by atoms with Crippen molar-refractivity contribution in [2.45, 2.75) is 37.3 Å². The van der Waals surface area contributed by atoms with Crippen LogP contribution < -0.4 is 5.62 Å². The number of thioether (sulfide) groups is 1. The number of aryl methyl sites for hydroxylation is 2. The molecule has 118 valence electrons. The van der Waals surface area contributed by atoms with Crippen molar-refractivity contribution in [1.29, 1.82) is 5.41 Å². The van der Waals surface area contributed by atoms with Crippen molar-refractivity contribution in [3.05, 3.63) is 52.0 Å². The molecule has 0 saturated heterocycles. The average Bonchev–Trinajstić information content (AvgIpc) is 2.97. The highest BCUT2D eigenvalue weighted by Crippen LogP contribution is 2.39. The molecule has 0 bridgehead atoms. The van der Waals surface area contributed by atoms with Crippen molar-refractivity contribution in [1.82, 2.24) is 9.55 Å². The topological polar surface area (TPSA) is 41.7 Å². The zero-order valence-corrected chi connectivity index (χ0v) is 14.8. The zero-order valence-electron chi connectivity index (χ0n) is 13.1. The molecule has 1 aliphatic rings. The molecule has 1 N–H and O–H groups in total. The number of nitrogens with zero attached hydrogens (tertiary/aromatic N) is 2. The summed E-state index contributed by atoms with van der Waals surface area (Å²) in [5.41, 5.74) is 4.33. The average molecular weight is 342 g/mol. The Kier molecular flexibility index (Phi) is 3.99. The van der Waals surface area contributed by atoms with E-state index >= 15 is 0 Å². The molecule has 1 aliphatic carbocycles. The summed E-state index contributed by atoms with van der Waals surface area (Å²) in [6.07, 6.45) is 6.92. The second-order valence-corrected chi connectivity index (χ2v) is 7.81. The van der Waals surface area contributed by atoms with E-state index in [4.69, 9.17) is 5.41 Å². The van der Waals surface area contributed by atoms with Gasteiger partial charge in [0.15, 0.2) is 0 Å². The second-order valence-electron chi connectivity index (χ2n) is 5.91. The third-order valence-electron chi connectivity index (χ3n) is 4.45. The number of benzene rings is 1. The van der Waals surface area contributed by atoms with Crippen LogP contribution in [0, 0.1) is 5.41 Å². The molecule has 2 aromatic heterocycles. The number of aromatic nitrogens is 2. The van der Waals surface area contributed by atoms with E-state index in [0.29, 0.717) is 5.62 Å². The van der Waals surface area contributed by atoms with E-state index < -0.39 is 0 Å². The largest absolute Gasteiger partial charge is 0.305 e. The predicted molar refractivity (Wildman–Crippen MR) is 97.4 cm³/mol. The first kappa shape index (κ1) is 15.0. The van der Waals surface area contributed by atoms with Gasteiger partial charge in [0.25, 0.3) is 0 Å². The summed E-state index contributed by atoms with van der Waals surface area (Å²) in [4.78, 5) is 6.07. The van der Waals surface area contributed by atoms with E-state index in [1.54, 1.807) is 11.8 Å². The quantitative estimate of drug-likeness (QED) is 0.572. The highest BCUT2D eigenvalue weighted by Gasteiger charge is 2.21. The summed E-state index contributed by atoms with van der Waals surface area (Å²) in [5, 5.41) is 9.45. The Morgan fingerprint density at radius 2 is 2.00 bits per heavy atom. The number of thiophene rings is 1. The van der Waals surface area contributed by atoms with Gasteiger partial charge in [0.1, 0.15) is 5.03 Å². The summed E-state index contributed by atoms with van der Waals surface area (Å²) in [5.74, 6) is 0. The molecule has 0 atom stereocenters. The molecule has 2 heterocycles. The van der Waals surface area contributed by atoms with Crippen LogP contribution in [0.25, 0.3) is 10.2 Å². The third-order valence-corrected chi connectivity index (χ3v) is 6.55. The lowest BCUT2D eigenvalue weighted by Gasteiger charge is -2.15. The van der Waals surface area contributed by atoms with Crippen LogP contribution in [0.5, 0.6) is 0 Å². The summed E-state index contributed by atoms with van der Waals surface area (Å²) in [6.45, 7) is 0.723. The van der Waals surface area contributed by atoms with Crippen LogP contribution in [0.3, 0.4) is 0 Å². The SMILES string of the molecule is CSc1nc(=N)n(Cc2ccccc2)c2c3c(sc12)CCCC3. The fourth-order valence-corrected chi connectivity index (χ4v) is 5.46. The Bertz CT molecular complexity index is 909. The summed E-state index contributed by atoms with van der Waals surface area (Å²) >= 11 is 3.55. The van der Waals surface area contributed by atoms with Crippen LogP contribution in [-0.2, 0) is 19.4 Å². The van der Waals surface area contributed by atoms with Crippen molar-refractivity contribution in [2.75, 3.05) is 6.26 Å². The first-order chi connectivity index (χ1) is 11.3. The van der Waals surface area contributed by atoms with Crippen molar-refractivity contribution in [3.8, 4) is 0 Å². The number of hydrogen-bond donors (Lipinski definition) is 1. The molecule has 0 unspecified atom stereocenters. The zero-order chi connectivity index (χ0) is 15.8. The number of fused-ring (bicyclic) bond motifs is 3. The smallest absolute Gasteiger partial charge is 0.223 e. The molecule has 0 radical (unpaired) electrons. The van der Waals surface area contributed by atoms with Gasteiger partial charge in [0.2, 0.25) is 5.62 Å². The van der Waals surface area contributed by atoms with Crippen molar-refractivity contribution >= 4 is 33.3 Å². The highest BCUT2D eigenvalue weighted by atomic mass is 32.2. The molecule has 0 aliphatic heterocycles. The monoisotopic (exact) mass is 341 g/mol. The van der Waals surface area contributed by atoms with Gasteiger partial charge in [0.05, 0.1) is 16.8 Å². The normalized spacial score (nSPS) is 14.1. The molecule has 0 amide bonds. The van der Waals surface area contributed by atoms with Gasteiger partial charge >= 0.3 is 0 Å². The first-order valence-electron chi connectivity index (χ1n) is 7.95. The van der Waals surface area contributed by atoms with Crippen molar-refractivity contribution < 1.29 is 0 Å². The van der Waals surface area contributed by atoms with Crippen LogP contribution in [0.15, 0.2) is 35.4 Å². The Balaban J connectivity index is 1.97. The molecule has 5 heteroatoms. The maximum atomic E-state index is 8.45. The minimum atomic E-state index is 0.372. The van der Waals surface area contributed by atoms with Crippen LogP contribution in [0.4, 0.5) is 0 Å².